The highest BCUT2D eigenvalue weighted by Gasteiger charge is 2.18. The predicted molar refractivity (Wildman–Crippen MR) is 123 cm³/mol. The van der Waals surface area contributed by atoms with Gasteiger partial charge in [-0.25, -0.2) is 9.67 Å². The van der Waals surface area contributed by atoms with Crippen molar-refractivity contribution in [2.24, 2.45) is 5.92 Å². The third-order valence-electron chi connectivity index (χ3n) is 5.96. The van der Waals surface area contributed by atoms with Gasteiger partial charge in [0, 0.05) is 24.0 Å². The molecule has 0 radical (unpaired) electrons. The number of carbonyl (C=O) groups excluding carboxylic acids is 1. The highest BCUT2D eigenvalue weighted by Crippen LogP contribution is 2.28. The largest absolute Gasteiger partial charge is 0.356 e. The molecule has 0 aliphatic heterocycles. The van der Waals surface area contributed by atoms with Crippen molar-refractivity contribution < 1.29 is 4.79 Å². The van der Waals surface area contributed by atoms with E-state index in [0.717, 1.165) is 46.6 Å². The Morgan fingerprint density at radius 2 is 1.80 bits per heavy atom. The van der Waals surface area contributed by atoms with E-state index in [2.05, 4.69) is 58.1 Å². The molecule has 1 aromatic carbocycles. The lowest BCUT2D eigenvalue weighted by molar-refractivity contribution is -0.121. The van der Waals surface area contributed by atoms with Gasteiger partial charge in [0.25, 0.3) is 0 Å². The molecule has 0 aliphatic carbocycles. The lowest BCUT2D eigenvalue weighted by Gasteiger charge is -2.12. The summed E-state index contributed by atoms with van der Waals surface area (Å²) in [4.78, 5) is 17.2. The summed E-state index contributed by atoms with van der Waals surface area (Å²) in [6.07, 6.45) is 2.19. The van der Waals surface area contributed by atoms with Gasteiger partial charge in [-0.15, -0.1) is 0 Å². The molecule has 0 spiro atoms. The van der Waals surface area contributed by atoms with Gasteiger partial charge in [-0.1, -0.05) is 19.9 Å². The van der Waals surface area contributed by atoms with Crippen LogP contribution in [-0.4, -0.2) is 27.2 Å². The Morgan fingerprint density at radius 1 is 1.07 bits per heavy atom. The zero-order chi connectivity index (χ0) is 22.0. The van der Waals surface area contributed by atoms with Crippen LogP contribution in [0.3, 0.4) is 0 Å². The van der Waals surface area contributed by atoms with Crippen LogP contribution in [0.4, 0.5) is 0 Å². The predicted octanol–water partition coefficient (Wildman–Crippen LogP) is 5.06. The molecule has 0 unspecified atom stereocenters. The highest BCUT2D eigenvalue weighted by molar-refractivity contribution is 5.85. The standard InChI is InChI=1S/C25H34N4O/c1-15(2)12-13-26-23(30)11-10-22-18(5)24-20(7)28-29(25(24)27-19(22)6)21-9-8-16(3)17(4)14-21/h8-9,14-15H,10-13H2,1-7H3,(H,26,30). The molecule has 5 heteroatoms. The Labute approximate surface area is 179 Å². The molecule has 3 rings (SSSR count). The molecule has 0 saturated carbocycles. The first-order valence-corrected chi connectivity index (χ1v) is 10.9. The van der Waals surface area contributed by atoms with Gasteiger partial charge in [0.05, 0.1) is 11.4 Å². The summed E-state index contributed by atoms with van der Waals surface area (Å²) in [5.74, 6) is 0.704. The molecule has 0 atom stereocenters. The van der Waals surface area contributed by atoms with Crippen molar-refractivity contribution in [3.05, 3.63) is 51.8 Å². The van der Waals surface area contributed by atoms with E-state index >= 15 is 0 Å². The maximum absolute atomic E-state index is 12.3. The van der Waals surface area contributed by atoms with Gasteiger partial charge >= 0.3 is 0 Å². The molecule has 2 aromatic heterocycles. The second-order valence-corrected chi connectivity index (χ2v) is 8.80. The summed E-state index contributed by atoms with van der Waals surface area (Å²) in [6.45, 7) is 15.5. The SMILES string of the molecule is Cc1ccc(-n2nc(C)c3c(C)c(CCC(=O)NCCC(C)C)c(C)nc32)cc1C. The molecular formula is C25H34N4O. The number of nitrogens with one attached hydrogen (secondary N) is 1. The number of aryl methyl sites for hydroxylation is 5. The molecule has 0 saturated heterocycles. The second kappa shape index (κ2) is 8.99. The minimum atomic E-state index is 0.108. The minimum Gasteiger partial charge on any atom is -0.356 e. The average Bonchev–Trinajstić information content (AvgIpc) is 2.99. The van der Waals surface area contributed by atoms with Crippen LogP contribution in [0.5, 0.6) is 0 Å². The number of pyridine rings is 1. The lowest BCUT2D eigenvalue weighted by atomic mass is 9.99. The van der Waals surface area contributed by atoms with E-state index in [9.17, 15) is 4.79 Å². The third kappa shape index (κ3) is 4.55. The summed E-state index contributed by atoms with van der Waals surface area (Å²) in [7, 11) is 0. The Bertz CT molecular complexity index is 1080. The summed E-state index contributed by atoms with van der Waals surface area (Å²) >= 11 is 0. The number of fused-ring (bicyclic) bond motifs is 1. The minimum absolute atomic E-state index is 0.108. The monoisotopic (exact) mass is 406 g/mol. The van der Waals surface area contributed by atoms with E-state index in [1.807, 2.05) is 18.5 Å². The molecule has 5 nitrogen and oxygen atoms in total. The second-order valence-electron chi connectivity index (χ2n) is 8.80. The molecule has 3 aromatic rings. The Morgan fingerprint density at radius 3 is 2.47 bits per heavy atom. The molecule has 0 aliphatic rings. The van der Waals surface area contributed by atoms with E-state index < -0.39 is 0 Å². The average molecular weight is 407 g/mol. The summed E-state index contributed by atoms with van der Waals surface area (Å²) in [6, 6.07) is 6.37. The van der Waals surface area contributed by atoms with Crippen LogP contribution < -0.4 is 5.32 Å². The van der Waals surface area contributed by atoms with Crippen molar-refractivity contribution in [1.29, 1.82) is 0 Å². The van der Waals surface area contributed by atoms with Gasteiger partial charge in [-0.3, -0.25) is 4.79 Å². The van der Waals surface area contributed by atoms with Crippen LogP contribution in [0.1, 0.15) is 60.3 Å². The van der Waals surface area contributed by atoms with Crippen molar-refractivity contribution in [2.75, 3.05) is 6.54 Å². The van der Waals surface area contributed by atoms with Gasteiger partial charge in [0.1, 0.15) is 0 Å². The van der Waals surface area contributed by atoms with E-state index in [4.69, 9.17) is 10.1 Å². The maximum Gasteiger partial charge on any atom is 0.220 e. The number of benzene rings is 1. The zero-order valence-electron chi connectivity index (χ0n) is 19.4. The summed E-state index contributed by atoms with van der Waals surface area (Å²) in [5.41, 5.74) is 8.69. The van der Waals surface area contributed by atoms with E-state index in [-0.39, 0.29) is 5.91 Å². The molecule has 2 heterocycles. The van der Waals surface area contributed by atoms with Gasteiger partial charge in [-0.2, -0.15) is 5.10 Å². The molecular weight excluding hydrogens is 372 g/mol. The molecule has 0 fully saturated rings. The topological polar surface area (TPSA) is 59.8 Å². The maximum atomic E-state index is 12.3. The lowest BCUT2D eigenvalue weighted by Crippen LogP contribution is -2.25. The number of hydrogen-bond acceptors (Lipinski definition) is 3. The van der Waals surface area contributed by atoms with Crippen molar-refractivity contribution in [2.45, 2.75) is 67.7 Å². The normalized spacial score (nSPS) is 11.5. The number of nitrogens with zero attached hydrogens (tertiary/aromatic N) is 3. The Balaban J connectivity index is 1.89. The zero-order valence-corrected chi connectivity index (χ0v) is 19.4. The van der Waals surface area contributed by atoms with Crippen LogP contribution in [0.2, 0.25) is 0 Å². The highest BCUT2D eigenvalue weighted by atomic mass is 16.1. The van der Waals surface area contributed by atoms with Crippen LogP contribution in [0.25, 0.3) is 16.7 Å². The van der Waals surface area contributed by atoms with E-state index in [1.165, 1.54) is 16.7 Å². The molecule has 0 bridgehead atoms. The first-order chi connectivity index (χ1) is 14.2. The summed E-state index contributed by atoms with van der Waals surface area (Å²) < 4.78 is 1.94. The van der Waals surface area contributed by atoms with E-state index in [0.29, 0.717) is 18.8 Å². The van der Waals surface area contributed by atoms with Crippen LogP contribution in [-0.2, 0) is 11.2 Å². The van der Waals surface area contributed by atoms with Crippen molar-refractivity contribution in [3.8, 4) is 5.69 Å². The Hall–Kier alpha value is -2.69. The number of aromatic nitrogens is 3. The molecule has 1 N–H and O–H groups in total. The molecule has 160 valence electrons. The van der Waals surface area contributed by atoms with Crippen molar-refractivity contribution in [1.82, 2.24) is 20.1 Å². The number of rotatable bonds is 7. The van der Waals surface area contributed by atoms with Gasteiger partial charge in [0.2, 0.25) is 5.91 Å². The first kappa shape index (κ1) is 22.0. The first-order valence-electron chi connectivity index (χ1n) is 10.9. The molecule has 30 heavy (non-hydrogen) atoms. The van der Waals surface area contributed by atoms with Gasteiger partial charge in [-0.05, 0) is 87.8 Å². The number of amides is 1. The smallest absolute Gasteiger partial charge is 0.220 e. The fourth-order valence-electron chi connectivity index (χ4n) is 3.94. The quantitative estimate of drug-likeness (QED) is 0.597. The third-order valence-corrected chi connectivity index (χ3v) is 5.96. The Kier molecular flexibility index (Phi) is 6.59. The van der Waals surface area contributed by atoms with Gasteiger partial charge in [0.15, 0.2) is 5.65 Å². The number of carbonyl (C=O) groups is 1. The van der Waals surface area contributed by atoms with Crippen molar-refractivity contribution >= 4 is 16.9 Å². The number of hydrogen-bond donors (Lipinski definition) is 1. The van der Waals surface area contributed by atoms with Crippen LogP contribution >= 0.6 is 0 Å². The fraction of sp³-hybridized carbons (Fsp3) is 0.480. The summed E-state index contributed by atoms with van der Waals surface area (Å²) in [5, 5.41) is 8.92. The van der Waals surface area contributed by atoms with Crippen LogP contribution in [0.15, 0.2) is 18.2 Å². The fourth-order valence-corrected chi connectivity index (χ4v) is 3.94. The molecule has 1 amide bonds. The van der Waals surface area contributed by atoms with Gasteiger partial charge < -0.3 is 5.32 Å². The van der Waals surface area contributed by atoms with Crippen LogP contribution in [0, 0.1) is 40.5 Å². The van der Waals surface area contributed by atoms with Crippen molar-refractivity contribution in [3.63, 3.8) is 0 Å². The van der Waals surface area contributed by atoms with E-state index in [1.54, 1.807) is 0 Å².